The van der Waals surface area contributed by atoms with Crippen molar-refractivity contribution >= 4 is 29.1 Å². The zero-order chi connectivity index (χ0) is 30.8. The minimum Gasteiger partial charge on any atom is -0.393 e. The number of hydrogen-bond donors (Lipinski definition) is 3. The summed E-state index contributed by atoms with van der Waals surface area (Å²) in [4.78, 5) is 36.1. The third-order valence-corrected chi connectivity index (χ3v) is 13.5. The predicted molar refractivity (Wildman–Crippen MR) is 161 cm³/mol. The Hall–Kier alpha value is -2.23. The molecule has 0 unspecified atom stereocenters. The maximum absolute atomic E-state index is 13.0. The second-order valence-corrected chi connectivity index (χ2v) is 15.3. The van der Waals surface area contributed by atoms with Crippen LogP contribution in [0.25, 0.3) is 0 Å². The van der Waals surface area contributed by atoms with Gasteiger partial charge in [-0.15, -0.1) is 11.6 Å². The molecule has 5 fully saturated rings. The molecule has 4 saturated carbocycles. The molecule has 1 aromatic rings. The predicted octanol–water partition coefficient (Wildman–Crippen LogP) is 5.52. The molecular formula is C33H46ClN3O6. The van der Waals surface area contributed by atoms with Crippen LogP contribution in [0.3, 0.4) is 0 Å². The highest BCUT2D eigenvalue weighted by Crippen LogP contribution is 2.68. The molecule has 4 aliphatic carbocycles. The van der Waals surface area contributed by atoms with Crippen molar-refractivity contribution < 1.29 is 24.7 Å². The van der Waals surface area contributed by atoms with E-state index in [0.717, 1.165) is 38.5 Å². The molecule has 5 aliphatic rings. The minimum atomic E-state index is -0.844. The monoisotopic (exact) mass is 615 g/mol. The van der Waals surface area contributed by atoms with Crippen molar-refractivity contribution in [3.63, 3.8) is 0 Å². The number of carbonyl (C=O) groups excluding carboxylic acids is 2. The average Bonchev–Trinajstić information content (AvgIpc) is 3.35. The van der Waals surface area contributed by atoms with Crippen LogP contribution in [-0.2, 0) is 9.59 Å². The third kappa shape index (κ3) is 4.98. The highest BCUT2D eigenvalue weighted by atomic mass is 35.5. The van der Waals surface area contributed by atoms with Gasteiger partial charge >= 0.3 is 0 Å². The second-order valence-electron chi connectivity index (χ2n) is 14.8. The number of non-ortho nitro benzene ring substituents is 1. The van der Waals surface area contributed by atoms with Gasteiger partial charge in [-0.1, -0.05) is 20.8 Å². The second kappa shape index (κ2) is 11.3. The van der Waals surface area contributed by atoms with Crippen LogP contribution in [-0.4, -0.2) is 49.5 Å². The van der Waals surface area contributed by atoms with Crippen molar-refractivity contribution in [1.82, 2.24) is 10.4 Å². The summed E-state index contributed by atoms with van der Waals surface area (Å²) in [5.74, 6) is 2.06. The van der Waals surface area contributed by atoms with E-state index in [9.17, 15) is 29.9 Å². The van der Waals surface area contributed by atoms with Crippen molar-refractivity contribution in [2.75, 3.05) is 0 Å². The number of aliphatic hydroxyl groups is 2. The number of nitro groups is 1. The third-order valence-electron chi connectivity index (χ3n) is 13.0. The van der Waals surface area contributed by atoms with Gasteiger partial charge in [-0.25, -0.2) is 5.01 Å². The van der Waals surface area contributed by atoms with Gasteiger partial charge in [0.05, 0.1) is 17.1 Å². The van der Waals surface area contributed by atoms with E-state index in [1.807, 2.05) is 0 Å². The summed E-state index contributed by atoms with van der Waals surface area (Å²) in [7, 11) is 0. The lowest BCUT2D eigenvalue weighted by molar-refractivity contribution is -0.384. The Morgan fingerprint density at radius 1 is 1.12 bits per heavy atom. The van der Waals surface area contributed by atoms with E-state index in [1.165, 1.54) is 30.0 Å². The van der Waals surface area contributed by atoms with Crippen molar-refractivity contribution in [2.24, 2.45) is 46.3 Å². The number of amides is 2. The summed E-state index contributed by atoms with van der Waals surface area (Å²) in [6.45, 7) is 6.94. The lowest BCUT2D eigenvalue weighted by atomic mass is 9.43. The highest BCUT2D eigenvalue weighted by molar-refractivity contribution is 6.33. The number of nitrogens with one attached hydrogen (secondary N) is 1. The number of hydrazine groups is 1. The lowest BCUT2D eigenvalue weighted by Gasteiger charge is -2.62. The Morgan fingerprint density at radius 3 is 2.53 bits per heavy atom. The zero-order valence-electron chi connectivity index (χ0n) is 25.5. The number of alkyl halides is 1. The van der Waals surface area contributed by atoms with Gasteiger partial charge in [-0.05, 0) is 122 Å². The molecule has 0 bridgehead atoms. The first-order valence-electron chi connectivity index (χ1n) is 16.2. The molecular weight excluding hydrogens is 570 g/mol. The number of halogens is 1. The standard InChI is InChI=1S/C33H46ClN3O6/c1-18(4-13-28(40)35-36-30(29(34)31(36)41)19-5-8-21(9-6-19)37(42)43)24-11-12-25-23-10-7-20-16-22(38)14-15-32(20,2)26(23)17-27(39)33(24,25)3/h5-6,8-9,18,20,22-27,29-30,38-39H,4,7,10-17H2,1-3H3,(H,35,40)/t18-,20-,22-,23+,24-,25+,26+,27+,29-,30-,32+,33-/m1/s1. The van der Waals surface area contributed by atoms with E-state index >= 15 is 0 Å². The van der Waals surface area contributed by atoms with Crippen LogP contribution >= 0.6 is 11.6 Å². The summed E-state index contributed by atoms with van der Waals surface area (Å²) in [6, 6.07) is 5.28. The molecule has 10 heteroatoms. The fourth-order valence-corrected chi connectivity index (χ4v) is 11.0. The fraction of sp³-hybridized carbons (Fsp3) is 0.758. The molecule has 1 aromatic carbocycles. The Labute approximate surface area is 258 Å². The summed E-state index contributed by atoms with van der Waals surface area (Å²) in [6.07, 6.45) is 8.59. The number of nitro benzene ring substituents is 1. The molecule has 1 aliphatic heterocycles. The Kier molecular flexibility index (Phi) is 8.08. The first-order valence-corrected chi connectivity index (χ1v) is 16.7. The van der Waals surface area contributed by atoms with Crippen molar-refractivity contribution in [3.8, 4) is 0 Å². The lowest BCUT2D eigenvalue weighted by Crippen LogP contribution is -2.63. The molecule has 12 atom stereocenters. The molecule has 0 spiro atoms. The summed E-state index contributed by atoms with van der Waals surface area (Å²) >= 11 is 6.28. The summed E-state index contributed by atoms with van der Waals surface area (Å²) in [5.41, 5.74) is 3.34. The Balaban J connectivity index is 1.08. The topological polar surface area (TPSA) is 133 Å². The molecule has 6 rings (SSSR count). The largest absolute Gasteiger partial charge is 0.393 e. The van der Waals surface area contributed by atoms with E-state index in [4.69, 9.17) is 11.6 Å². The SMILES string of the molecule is C[C@H](CCC(=O)NN1C(=O)[C@H](Cl)[C@H]1c1ccc([N+](=O)[O-])cc1)[C@H]1CC[C@H]2[C@@H]3CC[C@@H]4C[C@H](O)CC[C@]4(C)[C@H]3C[C@H](O)[C@]12C. The normalized spacial score (nSPS) is 42.7. The number of β-lactam (4-membered cyclic amide) rings is 1. The van der Waals surface area contributed by atoms with E-state index in [1.54, 1.807) is 12.1 Å². The molecule has 0 radical (unpaired) electrons. The number of aliphatic hydroxyl groups excluding tert-OH is 2. The van der Waals surface area contributed by atoms with E-state index in [0.29, 0.717) is 41.6 Å². The van der Waals surface area contributed by atoms with Crippen LogP contribution in [0.1, 0.15) is 96.6 Å². The van der Waals surface area contributed by atoms with Crippen LogP contribution in [0, 0.1) is 56.5 Å². The number of hydrogen-bond acceptors (Lipinski definition) is 6. The summed E-state index contributed by atoms with van der Waals surface area (Å²) in [5, 5.41) is 33.5. The molecule has 2 amide bonds. The quantitative estimate of drug-likeness (QED) is 0.160. The fourth-order valence-electron chi connectivity index (χ4n) is 10.6. The number of fused-ring (bicyclic) bond motifs is 5. The van der Waals surface area contributed by atoms with Crippen LogP contribution in [0.2, 0.25) is 0 Å². The maximum Gasteiger partial charge on any atom is 0.269 e. The maximum atomic E-state index is 13.0. The van der Waals surface area contributed by atoms with Crippen LogP contribution in [0.5, 0.6) is 0 Å². The van der Waals surface area contributed by atoms with E-state index < -0.39 is 22.2 Å². The Bertz CT molecular complexity index is 1260. The van der Waals surface area contributed by atoms with Gasteiger partial charge < -0.3 is 10.2 Å². The van der Waals surface area contributed by atoms with Gasteiger partial charge in [0.25, 0.3) is 11.6 Å². The van der Waals surface area contributed by atoms with Gasteiger partial charge in [0.1, 0.15) is 11.4 Å². The van der Waals surface area contributed by atoms with Crippen molar-refractivity contribution in [3.05, 3.63) is 39.9 Å². The molecule has 1 heterocycles. The number of benzene rings is 1. The molecule has 3 N–H and O–H groups in total. The molecule has 1 saturated heterocycles. The van der Waals surface area contributed by atoms with Crippen LogP contribution < -0.4 is 5.43 Å². The van der Waals surface area contributed by atoms with Crippen LogP contribution in [0.15, 0.2) is 24.3 Å². The Morgan fingerprint density at radius 2 is 1.84 bits per heavy atom. The van der Waals surface area contributed by atoms with Crippen LogP contribution in [0.4, 0.5) is 5.69 Å². The average molecular weight is 616 g/mol. The number of carbonyl (C=O) groups is 2. The van der Waals surface area contributed by atoms with Crippen molar-refractivity contribution in [1.29, 1.82) is 0 Å². The molecule has 9 nitrogen and oxygen atoms in total. The number of nitrogens with zero attached hydrogens (tertiary/aromatic N) is 2. The summed E-state index contributed by atoms with van der Waals surface area (Å²) < 4.78 is 0. The van der Waals surface area contributed by atoms with Gasteiger partial charge in [0.15, 0.2) is 0 Å². The number of rotatable bonds is 7. The first kappa shape index (κ1) is 30.8. The molecule has 43 heavy (non-hydrogen) atoms. The van der Waals surface area contributed by atoms with E-state index in [2.05, 4.69) is 26.2 Å². The van der Waals surface area contributed by atoms with Gasteiger partial charge in [-0.3, -0.25) is 25.1 Å². The van der Waals surface area contributed by atoms with Gasteiger partial charge in [-0.2, -0.15) is 0 Å². The molecule has 0 aromatic heterocycles. The van der Waals surface area contributed by atoms with Gasteiger partial charge in [0.2, 0.25) is 5.91 Å². The minimum absolute atomic E-state index is 0.0535. The zero-order valence-corrected chi connectivity index (χ0v) is 26.2. The molecule has 236 valence electrons. The highest BCUT2D eigenvalue weighted by Gasteiger charge is 2.63. The smallest absolute Gasteiger partial charge is 0.269 e. The first-order chi connectivity index (χ1) is 20.4. The van der Waals surface area contributed by atoms with Gasteiger partial charge in [0, 0.05) is 18.6 Å². The van der Waals surface area contributed by atoms with E-state index in [-0.39, 0.29) is 47.0 Å². The van der Waals surface area contributed by atoms with Crippen molar-refractivity contribution in [2.45, 2.75) is 109 Å².